The quantitative estimate of drug-likeness (QED) is 0.672. The highest BCUT2D eigenvalue weighted by molar-refractivity contribution is 7.14. The molecule has 2 heterocycles. The topological polar surface area (TPSA) is 71.1 Å². The minimum absolute atomic E-state index is 0.00577. The molecule has 2 N–H and O–H groups in total. The van der Waals surface area contributed by atoms with Crippen LogP contribution in [-0.2, 0) is 17.8 Å². The van der Waals surface area contributed by atoms with Crippen molar-refractivity contribution in [2.45, 2.75) is 13.0 Å². The number of anilines is 1. The van der Waals surface area contributed by atoms with E-state index in [2.05, 4.69) is 15.6 Å². The second-order valence-corrected chi connectivity index (χ2v) is 7.07. The van der Waals surface area contributed by atoms with Crippen LogP contribution in [-0.4, -0.2) is 16.8 Å². The largest absolute Gasteiger partial charge is 0.352 e. The van der Waals surface area contributed by atoms with Gasteiger partial charge in [-0.05, 0) is 17.5 Å². The molecule has 2 amide bonds. The van der Waals surface area contributed by atoms with E-state index < -0.39 is 11.6 Å². The molecule has 0 saturated carbocycles. The zero-order valence-electron chi connectivity index (χ0n) is 13.3. The lowest BCUT2D eigenvalue weighted by atomic mass is 10.2. The second kappa shape index (κ2) is 8.15. The molecule has 0 aliphatic heterocycles. The third-order valence-electron chi connectivity index (χ3n) is 3.35. The van der Waals surface area contributed by atoms with Gasteiger partial charge in [-0.3, -0.25) is 14.9 Å². The molecule has 9 heteroatoms. The lowest BCUT2D eigenvalue weighted by Gasteiger charge is -2.05. The molecule has 0 aliphatic carbocycles. The van der Waals surface area contributed by atoms with Crippen LogP contribution in [0.25, 0.3) is 0 Å². The average Bonchev–Trinajstić information content (AvgIpc) is 3.26. The Morgan fingerprint density at radius 3 is 2.73 bits per heavy atom. The normalized spacial score (nSPS) is 10.5. The monoisotopic (exact) mass is 393 g/mol. The Hall–Kier alpha value is -2.65. The van der Waals surface area contributed by atoms with Gasteiger partial charge in [-0.25, -0.2) is 13.8 Å². The molecule has 0 saturated heterocycles. The van der Waals surface area contributed by atoms with E-state index >= 15 is 0 Å². The summed E-state index contributed by atoms with van der Waals surface area (Å²) < 4.78 is 26.4. The lowest BCUT2D eigenvalue weighted by Crippen LogP contribution is -2.25. The van der Waals surface area contributed by atoms with Gasteiger partial charge in [0, 0.05) is 23.6 Å². The van der Waals surface area contributed by atoms with Crippen molar-refractivity contribution in [1.29, 1.82) is 0 Å². The first-order chi connectivity index (χ1) is 12.5. The lowest BCUT2D eigenvalue weighted by molar-refractivity contribution is -0.120. The number of hydrogen-bond acceptors (Lipinski definition) is 5. The van der Waals surface area contributed by atoms with E-state index in [0.717, 1.165) is 12.1 Å². The van der Waals surface area contributed by atoms with E-state index in [1.165, 1.54) is 28.7 Å². The number of hydrogen-bond donors (Lipinski definition) is 2. The molecule has 1 aromatic carbocycles. The van der Waals surface area contributed by atoms with Gasteiger partial charge >= 0.3 is 0 Å². The van der Waals surface area contributed by atoms with Gasteiger partial charge in [0.15, 0.2) is 5.13 Å². The molecule has 5 nitrogen and oxygen atoms in total. The Morgan fingerprint density at radius 2 is 2.00 bits per heavy atom. The number of nitrogens with zero attached hydrogens (tertiary/aromatic N) is 1. The number of amides is 2. The first-order valence-electron chi connectivity index (χ1n) is 7.51. The van der Waals surface area contributed by atoms with Crippen molar-refractivity contribution in [3.8, 4) is 0 Å². The third-order valence-corrected chi connectivity index (χ3v) is 5.03. The Bertz CT molecular complexity index is 926. The molecule has 134 valence electrons. The summed E-state index contributed by atoms with van der Waals surface area (Å²) in [7, 11) is 0. The van der Waals surface area contributed by atoms with Crippen molar-refractivity contribution in [2.24, 2.45) is 0 Å². The molecule has 0 unspecified atom stereocenters. The Balaban J connectivity index is 1.52. The van der Waals surface area contributed by atoms with Crippen LogP contribution in [0.3, 0.4) is 0 Å². The fourth-order valence-electron chi connectivity index (χ4n) is 2.10. The molecule has 0 atom stereocenters. The number of halogens is 2. The van der Waals surface area contributed by atoms with E-state index in [1.54, 1.807) is 22.9 Å². The highest BCUT2D eigenvalue weighted by atomic mass is 32.1. The van der Waals surface area contributed by atoms with E-state index in [4.69, 9.17) is 0 Å². The van der Waals surface area contributed by atoms with Crippen LogP contribution in [0.1, 0.15) is 20.9 Å². The molecule has 3 rings (SSSR count). The molecule has 2 aromatic heterocycles. The Morgan fingerprint density at radius 1 is 1.15 bits per heavy atom. The standard InChI is InChI=1S/C17H13F2N3O2S2/c18-11-4-3-10(13(19)6-11)8-20-15(23)7-12-9-26-17(21-12)22-16(24)14-2-1-5-25-14/h1-6,9H,7-8H2,(H,20,23)(H,21,22,24). The van der Waals surface area contributed by atoms with Gasteiger partial charge < -0.3 is 5.32 Å². The zero-order chi connectivity index (χ0) is 18.5. The van der Waals surface area contributed by atoms with Gasteiger partial charge in [0.05, 0.1) is 17.0 Å². The van der Waals surface area contributed by atoms with Crippen LogP contribution in [0.4, 0.5) is 13.9 Å². The molecule has 0 fully saturated rings. The predicted octanol–water partition coefficient (Wildman–Crippen LogP) is 3.59. The van der Waals surface area contributed by atoms with E-state index in [-0.39, 0.29) is 30.3 Å². The van der Waals surface area contributed by atoms with Crippen molar-refractivity contribution < 1.29 is 18.4 Å². The number of thiazole rings is 1. The maximum Gasteiger partial charge on any atom is 0.267 e. The number of nitrogens with one attached hydrogen (secondary N) is 2. The summed E-state index contributed by atoms with van der Waals surface area (Å²) in [5.41, 5.74) is 0.690. The summed E-state index contributed by atoms with van der Waals surface area (Å²) >= 11 is 2.54. The van der Waals surface area contributed by atoms with Gasteiger partial charge in [0.2, 0.25) is 5.91 Å². The number of carbonyl (C=O) groups excluding carboxylic acids is 2. The number of carbonyl (C=O) groups is 2. The summed E-state index contributed by atoms with van der Waals surface area (Å²) in [5.74, 6) is -1.98. The number of aromatic nitrogens is 1. The highest BCUT2D eigenvalue weighted by Gasteiger charge is 2.12. The Labute approximate surface area is 155 Å². The van der Waals surface area contributed by atoms with Crippen LogP contribution >= 0.6 is 22.7 Å². The second-order valence-electron chi connectivity index (χ2n) is 5.26. The third kappa shape index (κ3) is 4.70. The van der Waals surface area contributed by atoms with Gasteiger partial charge in [0.1, 0.15) is 11.6 Å². The van der Waals surface area contributed by atoms with Gasteiger partial charge in [-0.1, -0.05) is 12.1 Å². The number of thiophene rings is 1. The van der Waals surface area contributed by atoms with Crippen molar-refractivity contribution in [3.63, 3.8) is 0 Å². The van der Waals surface area contributed by atoms with Gasteiger partial charge in [-0.15, -0.1) is 22.7 Å². The molecule has 0 spiro atoms. The molecule has 0 radical (unpaired) electrons. The summed E-state index contributed by atoms with van der Waals surface area (Å²) in [5, 5.41) is 9.10. The van der Waals surface area contributed by atoms with Crippen LogP contribution in [0.15, 0.2) is 41.1 Å². The van der Waals surface area contributed by atoms with Crippen LogP contribution < -0.4 is 10.6 Å². The van der Waals surface area contributed by atoms with Crippen LogP contribution in [0.2, 0.25) is 0 Å². The number of benzene rings is 1. The average molecular weight is 393 g/mol. The molecule has 26 heavy (non-hydrogen) atoms. The maximum atomic E-state index is 13.5. The van der Waals surface area contributed by atoms with E-state index in [0.29, 0.717) is 15.7 Å². The van der Waals surface area contributed by atoms with Gasteiger partial charge in [0.25, 0.3) is 5.91 Å². The highest BCUT2D eigenvalue weighted by Crippen LogP contribution is 2.18. The molecule has 0 aliphatic rings. The summed E-state index contributed by atoms with van der Waals surface area (Å²) in [4.78, 5) is 28.7. The molecular formula is C17H13F2N3O2S2. The number of rotatable bonds is 6. The molecule has 0 bridgehead atoms. The van der Waals surface area contributed by atoms with Crippen LogP contribution in [0.5, 0.6) is 0 Å². The zero-order valence-corrected chi connectivity index (χ0v) is 14.9. The van der Waals surface area contributed by atoms with Crippen molar-refractivity contribution >= 4 is 39.6 Å². The van der Waals surface area contributed by atoms with E-state index in [9.17, 15) is 18.4 Å². The molecule has 3 aromatic rings. The smallest absolute Gasteiger partial charge is 0.267 e. The van der Waals surface area contributed by atoms with Gasteiger partial charge in [-0.2, -0.15) is 0 Å². The minimum atomic E-state index is -0.711. The predicted molar refractivity (Wildman–Crippen MR) is 96.3 cm³/mol. The minimum Gasteiger partial charge on any atom is -0.352 e. The SMILES string of the molecule is O=C(Cc1csc(NC(=O)c2cccs2)n1)NCc1ccc(F)cc1F. The van der Waals surface area contributed by atoms with Crippen LogP contribution in [0, 0.1) is 11.6 Å². The summed E-state index contributed by atoms with van der Waals surface area (Å²) in [6, 6.07) is 6.67. The Kier molecular flexibility index (Phi) is 5.69. The fourth-order valence-corrected chi connectivity index (χ4v) is 3.42. The fraction of sp³-hybridized carbons (Fsp3) is 0.118. The molecular weight excluding hydrogens is 380 g/mol. The first kappa shape index (κ1) is 18.2. The van der Waals surface area contributed by atoms with Crippen molar-refractivity contribution in [3.05, 3.63) is 68.9 Å². The maximum absolute atomic E-state index is 13.5. The van der Waals surface area contributed by atoms with Crippen molar-refractivity contribution in [2.75, 3.05) is 5.32 Å². The van der Waals surface area contributed by atoms with E-state index in [1.807, 2.05) is 0 Å². The summed E-state index contributed by atoms with van der Waals surface area (Å²) in [6.07, 6.45) is -0.00577. The van der Waals surface area contributed by atoms with Crippen molar-refractivity contribution in [1.82, 2.24) is 10.3 Å². The summed E-state index contributed by atoms with van der Waals surface area (Å²) in [6.45, 7) is -0.0446. The first-order valence-corrected chi connectivity index (χ1v) is 9.27.